The Bertz CT molecular complexity index is 1990. The van der Waals surface area contributed by atoms with Crippen LogP contribution in [0.5, 0.6) is 0 Å². The van der Waals surface area contributed by atoms with Crippen molar-refractivity contribution in [1.82, 2.24) is 19.5 Å². The van der Waals surface area contributed by atoms with Crippen molar-refractivity contribution in [2.45, 2.75) is 31.8 Å². The third-order valence-corrected chi connectivity index (χ3v) is 8.59. The molecule has 0 bridgehead atoms. The van der Waals surface area contributed by atoms with Crippen LogP contribution in [0.4, 0.5) is 23.2 Å². The van der Waals surface area contributed by atoms with E-state index in [-0.39, 0.29) is 18.2 Å². The zero-order valence-electron chi connectivity index (χ0n) is 24.4. The summed E-state index contributed by atoms with van der Waals surface area (Å²) in [5.74, 6) is -3.17. The van der Waals surface area contributed by atoms with Gasteiger partial charge in [-0.2, -0.15) is 0 Å². The largest absolute Gasteiger partial charge is 0.394 e. The summed E-state index contributed by atoms with van der Waals surface area (Å²) in [6.45, 7) is 2.87. The van der Waals surface area contributed by atoms with Crippen LogP contribution in [0, 0.1) is 30.2 Å². The van der Waals surface area contributed by atoms with Crippen LogP contribution in [0.15, 0.2) is 67.0 Å². The minimum Gasteiger partial charge on any atom is -0.394 e. The Morgan fingerprint density at radius 3 is 2.33 bits per heavy atom. The van der Waals surface area contributed by atoms with E-state index in [9.17, 15) is 22.7 Å². The van der Waals surface area contributed by atoms with Crippen molar-refractivity contribution >= 4 is 27.8 Å². The van der Waals surface area contributed by atoms with Gasteiger partial charge in [0.1, 0.15) is 23.1 Å². The molecule has 1 atom stereocenters. The molecule has 7 nitrogen and oxygen atoms in total. The lowest BCUT2D eigenvalue weighted by Gasteiger charge is -2.34. The normalized spacial score (nSPS) is 15.0. The van der Waals surface area contributed by atoms with Gasteiger partial charge in [-0.15, -0.1) is 0 Å². The third-order valence-electron chi connectivity index (χ3n) is 8.59. The number of rotatable bonds is 6. The number of aromatic amines is 1. The number of benzene rings is 3. The molecule has 3 aromatic heterocycles. The minimum atomic E-state index is -1.02. The molecule has 0 spiro atoms. The second-order valence-electron chi connectivity index (χ2n) is 11.6. The topological polar surface area (TPSA) is 96.0 Å². The number of aryl methyl sites for hydroxylation is 1. The number of hydrogen-bond donors (Lipinski definition) is 3. The maximum atomic E-state index is 14.6. The molecule has 7 rings (SSSR count). The van der Waals surface area contributed by atoms with Crippen LogP contribution >= 0.6 is 0 Å². The number of anilines is 1. The molecule has 0 aliphatic carbocycles. The standard InChI is InChI=1S/C34H30F4N6O/c1-18-2-4-19(5-3-18)30(17-45)44-16-25(33-41-28-13-26(37)27(38)14-29(28)42-33)31-32(43-8-6-23(39)7-9-43)24(15-40-34(31)44)20-10-21(35)12-22(36)11-20/h2-5,10-16,23,30,45H,6-9,17,39H2,1H3,(H,41,42). The lowest BCUT2D eigenvalue weighted by molar-refractivity contribution is 0.251. The molecular weight excluding hydrogens is 584 g/mol. The summed E-state index contributed by atoms with van der Waals surface area (Å²) in [6, 6.07) is 12.7. The number of H-pyrrole nitrogens is 1. The summed E-state index contributed by atoms with van der Waals surface area (Å²) in [6.07, 6.45) is 4.79. The molecule has 45 heavy (non-hydrogen) atoms. The Morgan fingerprint density at radius 2 is 1.64 bits per heavy atom. The smallest absolute Gasteiger partial charge is 0.161 e. The fraction of sp³-hybridized carbons (Fsp3) is 0.235. The second-order valence-corrected chi connectivity index (χ2v) is 11.6. The SMILES string of the molecule is Cc1ccc(C(CO)n2cc(-c3nc4cc(F)c(F)cc4[nH]3)c3c(N4CCC(N)CC4)c(-c4cc(F)cc(F)c4)cnc32)cc1. The molecule has 6 aromatic rings. The van der Waals surface area contributed by atoms with Gasteiger partial charge >= 0.3 is 0 Å². The summed E-state index contributed by atoms with van der Waals surface area (Å²) in [4.78, 5) is 14.7. The van der Waals surface area contributed by atoms with E-state index in [0.29, 0.717) is 70.7 Å². The van der Waals surface area contributed by atoms with Crippen molar-refractivity contribution in [3.8, 4) is 22.5 Å². The number of nitrogens with one attached hydrogen (secondary N) is 1. The number of aromatic nitrogens is 4. The van der Waals surface area contributed by atoms with Crippen LogP contribution < -0.4 is 10.6 Å². The number of hydrogen-bond acceptors (Lipinski definition) is 5. The molecule has 0 saturated carbocycles. The molecule has 1 unspecified atom stereocenters. The van der Waals surface area contributed by atoms with Crippen molar-refractivity contribution in [2.24, 2.45) is 5.73 Å². The van der Waals surface area contributed by atoms with Crippen molar-refractivity contribution in [1.29, 1.82) is 0 Å². The molecule has 0 radical (unpaired) electrons. The van der Waals surface area contributed by atoms with E-state index < -0.39 is 29.3 Å². The number of aliphatic hydroxyl groups is 1. The number of aliphatic hydroxyl groups excluding tert-OH is 1. The van der Waals surface area contributed by atoms with E-state index in [4.69, 9.17) is 10.7 Å². The average Bonchev–Trinajstić information content (AvgIpc) is 3.59. The Morgan fingerprint density at radius 1 is 0.956 bits per heavy atom. The van der Waals surface area contributed by atoms with Gasteiger partial charge in [0.2, 0.25) is 0 Å². The number of fused-ring (bicyclic) bond motifs is 2. The number of pyridine rings is 1. The van der Waals surface area contributed by atoms with Gasteiger partial charge in [-0.3, -0.25) is 0 Å². The van der Waals surface area contributed by atoms with Crippen LogP contribution in [0.2, 0.25) is 0 Å². The monoisotopic (exact) mass is 614 g/mol. The van der Waals surface area contributed by atoms with Crippen LogP contribution in [0.3, 0.4) is 0 Å². The Hall–Kier alpha value is -4.74. The predicted molar refractivity (Wildman–Crippen MR) is 166 cm³/mol. The summed E-state index contributed by atoms with van der Waals surface area (Å²) in [7, 11) is 0. The molecule has 4 heterocycles. The van der Waals surface area contributed by atoms with Crippen LogP contribution in [0.1, 0.15) is 30.0 Å². The molecule has 1 aliphatic heterocycles. The van der Waals surface area contributed by atoms with E-state index in [1.54, 1.807) is 12.4 Å². The zero-order valence-corrected chi connectivity index (χ0v) is 24.4. The zero-order chi connectivity index (χ0) is 31.4. The average molecular weight is 615 g/mol. The van der Waals surface area contributed by atoms with Gasteiger partial charge in [0.15, 0.2) is 11.6 Å². The van der Waals surface area contributed by atoms with Crippen LogP contribution in [0.25, 0.3) is 44.6 Å². The van der Waals surface area contributed by atoms with E-state index >= 15 is 0 Å². The number of nitrogens with zero attached hydrogens (tertiary/aromatic N) is 4. The first-order valence-corrected chi connectivity index (χ1v) is 14.7. The molecule has 1 saturated heterocycles. The highest BCUT2D eigenvalue weighted by atomic mass is 19.2. The molecule has 11 heteroatoms. The summed E-state index contributed by atoms with van der Waals surface area (Å²) in [5.41, 5.74) is 11.2. The predicted octanol–water partition coefficient (Wildman–Crippen LogP) is 6.62. The van der Waals surface area contributed by atoms with E-state index in [2.05, 4.69) is 14.9 Å². The highest BCUT2D eigenvalue weighted by Crippen LogP contribution is 2.44. The fourth-order valence-corrected chi connectivity index (χ4v) is 6.26. The summed E-state index contributed by atoms with van der Waals surface area (Å²) < 4.78 is 59.3. The minimum absolute atomic E-state index is 0.0122. The summed E-state index contributed by atoms with van der Waals surface area (Å²) >= 11 is 0. The van der Waals surface area contributed by atoms with Crippen molar-refractivity contribution in [3.05, 3.63) is 101 Å². The van der Waals surface area contributed by atoms with E-state index in [0.717, 1.165) is 29.3 Å². The van der Waals surface area contributed by atoms with Gasteiger partial charge in [-0.25, -0.2) is 27.5 Å². The first-order chi connectivity index (χ1) is 21.7. The lowest BCUT2D eigenvalue weighted by Crippen LogP contribution is -2.40. The molecule has 0 amide bonds. The number of halogens is 4. The molecule has 3 aromatic carbocycles. The van der Waals surface area contributed by atoms with Gasteiger partial charge in [-0.1, -0.05) is 29.8 Å². The van der Waals surface area contributed by atoms with E-state index in [1.807, 2.05) is 35.8 Å². The van der Waals surface area contributed by atoms with Crippen LogP contribution in [-0.4, -0.2) is 50.4 Å². The quantitative estimate of drug-likeness (QED) is 0.183. The number of piperidine rings is 1. The van der Waals surface area contributed by atoms with Gasteiger partial charge in [0.05, 0.1) is 34.8 Å². The Labute approximate surface area is 256 Å². The number of imidazole rings is 1. The first kappa shape index (κ1) is 29.0. The molecule has 4 N–H and O–H groups in total. The third kappa shape index (κ3) is 5.21. The van der Waals surface area contributed by atoms with Gasteiger partial charge in [0.25, 0.3) is 0 Å². The first-order valence-electron chi connectivity index (χ1n) is 14.7. The molecule has 230 valence electrons. The molecule has 1 fully saturated rings. The lowest BCUT2D eigenvalue weighted by atomic mass is 9.98. The fourth-order valence-electron chi connectivity index (χ4n) is 6.26. The highest BCUT2D eigenvalue weighted by molar-refractivity contribution is 6.08. The van der Waals surface area contributed by atoms with Crippen molar-refractivity contribution < 1.29 is 22.7 Å². The van der Waals surface area contributed by atoms with Crippen LogP contribution in [-0.2, 0) is 0 Å². The highest BCUT2D eigenvalue weighted by Gasteiger charge is 2.29. The molecule has 1 aliphatic rings. The Kier molecular flexibility index (Phi) is 7.29. The van der Waals surface area contributed by atoms with Crippen molar-refractivity contribution in [3.63, 3.8) is 0 Å². The van der Waals surface area contributed by atoms with E-state index in [1.165, 1.54) is 12.1 Å². The van der Waals surface area contributed by atoms with Gasteiger partial charge in [0, 0.05) is 60.9 Å². The van der Waals surface area contributed by atoms with Gasteiger partial charge < -0.3 is 25.3 Å². The maximum Gasteiger partial charge on any atom is 0.161 e. The second kappa shape index (κ2) is 11.3. The van der Waals surface area contributed by atoms with Gasteiger partial charge in [-0.05, 0) is 43.0 Å². The number of nitrogens with two attached hydrogens (primary N) is 1. The summed E-state index contributed by atoms with van der Waals surface area (Å²) in [5, 5.41) is 11.3. The maximum absolute atomic E-state index is 14.6. The Balaban J connectivity index is 1.55. The van der Waals surface area contributed by atoms with Crippen molar-refractivity contribution in [2.75, 3.05) is 24.6 Å². The molecular formula is C34H30F4N6O.